The molecule has 1 aromatic carbocycles. The van der Waals surface area contributed by atoms with Crippen LogP contribution in [-0.2, 0) is 20.6 Å². The summed E-state index contributed by atoms with van der Waals surface area (Å²) in [4.78, 5) is 29.2. The van der Waals surface area contributed by atoms with E-state index in [0.29, 0.717) is 5.75 Å². The third-order valence-electron chi connectivity index (χ3n) is 4.57. The Labute approximate surface area is 166 Å². The smallest absolute Gasteiger partial charge is 0.332 e. The van der Waals surface area contributed by atoms with Crippen molar-refractivity contribution in [1.29, 1.82) is 0 Å². The summed E-state index contributed by atoms with van der Waals surface area (Å²) < 4.78 is 9.42. The van der Waals surface area contributed by atoms with Crippen molar-refractivity contribution in [3.63, 3.8) is 0 Å². The van der Waals surface area contributed by atoms with Gasteiger partial charge in [-0.15, -0.1) is 0 Å². The van der Waals surface area contributed by atoms with Crippen LogP contribution in [0.1, 0.15) is 5.56 Å². The molecule has 0 saturated heterocycles. The highest BCUT2D eigenvalue weighted by molar-refractivity contribution is 5.74. The molecule has 0 aliphatic rings. The number of aliphatic hydroxyl groups is 2. The Morgan fingerprint density at radius 3 is 2.69 bits per heavy atom. The number of aliphatic hydroxyl groups excluding tert-OH is 2. The molecule has 0 aliphatic carbocycles. The van der Waals surface area contributed by atoms with Gasteiger partial charge in [0.05, 0.1) is 13.2 Å². The maximum Gasteiger partial charge on any atom is 0.332 e. The summed E-state index contributed by atoms with van der Waals surface area (Å²) >= 11 is 0. The number of fused-ring (bicyclic) bond motifs is 1. The van der Waals surface area contributed by atoms with Gasteiger partial charge in [-0.2, -0.15) is 4.98 Å². The molecule has 0 saturated carbocycles. The number of imidazole rings is 1. The number of ether oxygens (including phenoxy) is 1. The molecule has 3 N–H and O–H groups in total. The normalized spacial score (nSPS) is 12.3. The van der Waals surface area contributed by atoms with Crippen LogP contribution in [0.15, 0.2) is 33.9 Å². The minimum Gasteiger partial charge on any atom is -0.491 e. The Kier molecular flexibility index (Phi) is 6.04. The van der Waals surface area contributed by atoms with Crippen LogP contribution < -0.4 is 21.3 Å². The highest BCUT2D eigenvalue weighted by Crippen LogP contribution is 2.17. The number of nitrogens with zero attached hydrogens (tertiary/aromatic N) is 4. The van der Waals surface area contributed by atoms with E-state index in [1.165, 1.54) is 23.2 Å². The second-order valence-electron chi connectivity index (χ2n) is 6.86. The van der Waals surface area contributed by atoms with Gasteiger partial charge in [0.15, 0.2) is 11.2 Å². The van der Waals surface area contributed by atoms with Crippen molar-refractivity contribution < 1.29 is 14.9 Å². The Morgan fingerprint density at radius 2 is 2.00 bits per heavy atom. The van der Waals surface area contributed by atoms with Gasteiger partial charge in [0, 0.05) is 20.6 Å². The molecule has 156 valence electrons. The fourth-order valence-electron chi connectivity index (χ4n) is 3.09. The average molecular weight is 403 g/mol. The van der Waals surface area contributed by atoms with Crippen LogP contribution >= 0.6 is 0 Å². The molecule has 2 heterocycles. The number of hydrogen-bond donors (Lipinski definition) is 3. The van der Waals surface area contributed by atoms with Crippen LogP contribution in [0.5, 0.6) is 5.75 Å². The van der Waals surface area contributed by atoms with Crippen molar-refractivity contribution in [2.45, 2.75) is 19.6 Å². The molecule has 0 aliphatic heterocycles. The summed E-state index contributed by atoms with van der Waals surface area (Å²) in [5, 5.41) is 22.6. The molecule has 10 heteroatoms. The van der Waals surface area contributed by atoms with Crippen molar-refractivity contribution in [2.75, 3.05) is 25.1 Å². The third-order valence-corrected chi connectivity index (χ3v) is 4.57. The van der Waals surface area contributed by atoms with Crippen molar-refractivity contribution in [1.82, 2.24) is 18.7 Å². The predicted octanol–water partition coefficient (Wildman–Crippen LogP) is -0.414. The monoisotopic (exact) mass is 403 g/mol. The molecule has 29 heavy (non-hydrogen) atoms. The number of benzene rings is 1. The second kappa shape index (κ2) is 8.50. The summed E-state index contributed by atoms with van der Waals surface area (Å²) in [6, 6.07) is 7.47. The molecule has 1 unspecified atom stereocenters. The van der Waals surface area contributed by atoms with Gasteiger partial charge in [-0.25, -0.2) is 4.79 Å². The van der Waals surface area contributed by atoms with E-state index in [1.807, 2.05) is 25.1 Å². The number of hydrogen-bond acceptors (Lipinski definition) is 7. The fourth-order valence-corrected chi connectivity index (χ4v) is 3.09. The van der Waals surface area contributed by atoms with Crippen LogP contribution in [0, 0.1) is 6.92 Å². The molecule has 0 amide bonds. The molecule has 3 aromatic rings. The molecule has 0 fully saturated rings. The van der Waals surface area contributed by atoms with E-state index >= 15 is 0 Å². The molecule has 1 atom stereocenters. The van der Waals surface area contributed by atoms with E-state index in [9.17, 15) is 14.7 Å². The zero-order valence-electron chi connectivity index (χ0n) is 16.6. The molecule has 2 aromatic heterocycles. The molecular weight excluding hydrogens is 378 g/mol. The standard InChI is InChI=1S/C19H25N5O5/c1-12-5-4-6-14(9-12)29-11-13(26)10-24-15-16(21-18(24)20-7-8-25)22(2)19(28)23(3)17(15)27/h4-6,9,13,25-26H,7-8,10-11H2,1-3H3,(H,20,21). The van der Waals surface area contributed by atoms with Gasteiger partial charge in [-0.05, 0) is 24.6 Å². The van der Waals surface area contributed by atoms with E-state index in [4.69, 9.17) is 9.84 Å². The lowest BCUT2D eigenvalue weighted by atomic mass is 10.2. The summed E-state index contributed by atoms with van der Waals surface area (Å²) in [6.07, 6.45) is -0.940. The second-order valence-corrected chi connectivity index (χ2v) is 6.86. The van der Waals surface area contributed by atoms with Gasteiger partial charge in [-0.3, -0.25) is 13.9 Å². The van der Waals surface area contributed by atoms with E-state index < -0.39 is 17.4 Å². The van der Waals surface area contributed by atoms with Gasteiger partial charge >= 0.3 is 5.69 Å². The Balaban J connectivity index is 1.93. The molecular formula is C19H25N5O5. The first kappa shape index (κ1) is 20.6. The Hall–Kier alpha value is -3.11. The zero-order chi connectivity index (χ0) is 21.1. The van der Waals surface area contributed by atoms with E-state index in [1.54, 1.807) is 6.07 Å². The Morgan fingerprint density at radius 1 is 1.24 bits per heavy atom. The Bertz CT molecular complexity index is 1130. The van der Waals surface area contributed by atoms with Gasteiger partial charge in [0.2, 0.25) is 5.95 Å². The summed E-state index contributed by atoms with van der Waals surface area (Å²) in [5.74, 6) is 0.915. The van der Waals surface area contributed by atoms with Crippen LogP contribution in [0.25, 0.3) is 11.2 Å². The van der Waals surface area contributed by atoms with Crippen molar-refractivity contribution >= 4 is 17.1 Å². The van der Waals surface area contributed by atoms with Crippen molar-refractivity contribution in [3.8, 4) is 5.75 Å². The van der Waals surface area contributed by atoms with E-state index in [0.717, 1.165) is 10.1 Å². The van der Waals surface area contributed by atoms with Crippen LogP contribution in [-0.4, -0.2) is 54.8 Å². The predicted molar refractivity (Wildman–Crippen MR) is 108 cm³/mol. The van der Waals surface area contributed by atoms with Crippen LogP contribution in [0.4, 0.5) is 5.95 Å². The SMILES string of the molecule is Cc1cccc(OCC(O)Cn2c(NCCO)nc3c2c(=O)n(C)c(=O)n3C)c1. The van der Waals surface area contributed by atoms with Gasteiger partial charge in [0.25, 0.3) is 5.56 Å². The summed E-state index contributed by atoms with van der Waals surface area (Å²) in [6.45, 7) is 2.03. The minimum absolute atomic E-state index is 0.00858. The summed E-state index contributed by atoms with van der Waals surface area (Å²) in [7, 11) is 2.91. The van der Waals surface area contributed by atoms with E-state index in [-0.39, 0.29) is 43.4 Å². The molecule has 3 rings (SSSR count). The maximum atomic E-state index is 12.7. The first-order valence-electron chi connectivity index (χ1n) is 9.22. The number of aryl methyl sites for hydroxylation is 2. The lowest BCUT2D eigenvalue weighted by Crippen LogP contribution is -2.38. The number of rotatable bonds is 8. The largest absolute Gasteiger partial charge is 0.491 e. The van der Waals surface area contributed by atoms with E-state index in [2.05, 4.69) is 10.3 Å². The molecule has 10 nitrogen and oxygen atoms in total. The topological polar surface area (TPSA) is 124 Å². The van der Waals surface area contributed by atoms with Gasteiger partial charge in [-0.1, -0.05) is 12.1 Å². The number of aromatic nitrogens is 4. The number of anilines is 1. The summed E-state index contributed by atoms with van der Waals surface area (Å²) in [5.41, 5.74) is 0.413. The van der Waals surface area contributed by atoms with Crippen molar-refractivity contribution in [2.24, 2.45) is 14.1 Å². The first-order chi connectivity index (χ1) is 13.8. The fraction of sp³-hybridized carbons (Fsp3) is 0.421. The quantitative estimate of drug-likeness (QED) is 0.467. The van der Waals surface area contributed by atoms with Crippen molar-refractivity contribution in [3.05, 3.63) is 50.7 Å². The maximum absolute atomic E-state index is 12.7. The molecule has 0 radical (unpaired) electrons. The lowest BCUT2D eigenvalue weighted by molar-refractivity contribution is 0.0938. The van der Waals surface area contributed by atoms with Gasteiger partial charge < -0.3 is 24.8 Å². The van der Waals surface area contributed by atoms with Crippen LogP contribution in [0.2, 0.25) is 0 Å². The third kappa shape index (κ3) is 4.17. The molecule has 0 spiro atoms. The first-order valence-corrected chi connectivity index (χ1v) is 9.22. The molecule has 0 bridgehead atoms. The number of nitrogens with one attached hydrogen (secondary N) is 1. The minimum atomic E-state index is -0.940. The zero-order valence-corrected chi connectivity index (χ0v) is 16.6. The average Bonchev–Trinajstić information content (AvgIpc) is 3.06. The van der Waals surface area contributed by atoms with Crippen LogP contribution in [0.3, 0.4) is 0 Å². The highest BCUT2D eigenvalue weighted by atomic mass is 16.5. The van der Waals surface area contributed by atoms with Gasteiger partial charge in [0.1, 0.15) is 18.5 Å². The lowest BCUT2D eigenvalue weighted by Gasteiger charge is -2.16. The highest BCUT2D eigenvalue weighted by Gasteiger charge is 2.21.